The third-order valence-corrected chi connectivity index (χ3v) is 3.30. The van der Waals surface area contributed by atoms with Crippen molar-refractivity contribution in [3.8, 4) is 0 Å². The van der Waals surface area contributed by atoms with Crippen LogP contribution in [0.15, 0.2) is 24.3 Å². The molecule has 4 nitrogen and oxygen atoms in total. The molecular weight excluding hydrogens is 250 g/mol. The molecule has 20 heavy (non-hydrogen) atoms. The number of nitrogens with zero attached hydrogens (tertiary/aromatic N) is 1. The summed E-state index contributed by atoms with van der Waals surface area (Å²) in [4.78, 5) is 0. The third kappa shape index (κ3) is 6.78. The van der Waals surface area contributed by atoms with Crippen LogP contribution >= 0.6 is 0 Å². The lowest BCUT2D eigenvalue weighted by Gasteiger charge is -2.34. The summed E-state index contributed by atoms with van der Waals surface area (Å²) in [5.41, 5.74) is 11.1. The van der Waals surface area contributed by atoms with Gasteiger partial charge in [0.15, 0.2) is 0 Å². The van der Waals surface area contributed by atoms with Gasteiger partial charge in [-0.25, -0.2) is 5.01 Å². The molecule has 0 saturated heterocycles. The molecule has 0 aliphatic heterocycles. The molecule has 0 amide bonds. The van der Waals surface area contributed by atoms with Gasteiger partial charge >= 0.3 is 0 Å². The van der Waals surface area contributed by atoms with Crippen molar-refractivity contribution in [3.05, 3.63) is 24.3 Å². The summed E-state index contributed by atoms with van der Waals surface area (Å²) >= 11 is 0. The van der Waals surface area contributed by atoms with E-state index in [1.807, 2.05) is 24.3 Å². The van der Waals surface area contributed by atoms with Crippen molar-refractivity contribution in [2.45, 2.75) is 59.5 Å². The number of rotatable bonds is 6. The molecule has 4 heteroatoms. The van der Waals surface area contributed by atoms with Crippen molar-refractivity contribution in [1.82, 2.24) is 5.01 Å². The molecule has 0 bridgehead atoms. The van der Waals surface area contributed by atoms with E-state index in [0.29, 0.717) is 12.1 Å². The topological polar surface area (TPSA) is 61.5 Å². The second kappa shape index (κ2) is 10.5. The predicted octanol–water partition coefficient (Wildman–Crippen LogP) is 3.49. The Morgan fingerprint density at radius 2 is 1.45 bits per heavy atom. The van der Waals surface area contributed by atoms with E-state index in [1.54, 1.807) is 6.92 Å². The number of anilines is 2. The van der Waals surface area contributed by atoms with E-state index in [2.05, 4.69) is 38.1 Å². The quantitative estimate of drug-likeness (QED) is 0.552. The molecular formula is C16H31N3O. The first-order valence-electron chi connectivity index (χ1n) is 7.51. The Hall–Kier alpha value is -1.26. The second-order valence-electron chi connectivity index (χ2n) is 4.97. The summed E-state index contributed by atoms with van der Waals surface area (Å²) in [7, 11) is 0. The Labute approximate surface area is 124 Å². The van der Waals surface area contributed by atoms with Crippen LogP contribution in [0.5, 0.6) is 0 Å². The molecule has 0 spiro atoms. The fourth-order valence-electron chi connectivity index (χ4n) is 1.75. The maximum atomic E-state index is 7.57. The van der Waals surface area contributed by atoms with Crippen molar-refractivity contribution >= 4 is 11.4 Å². The molecule has 116 valence electrons. The van der Waals surface area contributed by atoms with Crippen molar-refractivity contribution < 1.29 is 5.11 Å². The van der Waals surface area contributed by atoms with Crippen LogP contribution in [-0.4, -0.2) is 28.8 Å². The maximum absolute atomic E-state index is 7.57. The smallest absolute Gasteiger partial charge is 0.0491 e. The van der Waals surface area contributed by atoms with Crippen molar-refractivity contribution in [3.63, 3.8) is 0 Å². The molecule has 0 aliphatic carbocycles. The number of hydrogen-bond acceptors (Lipinski definition) is 4. The lowest BCUT2D eigenvalue weighted by atomic mass is 10.1. The van der Waals surface area contributed by atoms with Crippen LogP contribution in [0.2, 0.25) is 0 Å². The summed E-state index contributed by atoms with van der Waals surface area (Å²) in [6.45, 7) is 10.8. The molecule has 1 aromatic carbocycles. The highest BCUT2D eigenvalue weighted by Crippen LogP contribution is 2.16. The van der Waals surface area contributed by atoms with E-state index in [0.717, 1.165) is 24.2 Å². The Morgan fingerprint density at radius 3 is 1.80 bits per heavy atom. The Bertz CT molecular complexity index is 330. The van der Waals surface area contributed by atoms with Crippen LogP contribution in [0.25, 0.3) is 0 Å². The average Bonchev–Trinajstić information content (AvgIpc) is 2.46. The SMILES string of the molecule is CCC(C)N(Nc1ccc(N)cc1)C(C)CC.CCO. The molecule has 1 aromatic rings. The van der Waals surface area contributed by atoms with Crippen molar-refractivity contribution in [1.29, 1.82) is 0 Å². The number of hydrogen-bond donors (Lipinski definition) is 3. The van der Waals surface area contributed by atoms with Crippen molar-refractivity contribution in [2.24, 2.45) is 0 Å². The van der Waals surface area contributed by atoms with Gasteiger partial charge in [0.05, 0.1) is 0 Å². The Morgan fingerprint density at radius 1 is 1.05 bits per heavy atom. The van der Waals surface area contributed by atoms with Gasteiger partial charge in [0, 0.05) is 30.1 Å². The van der Waals surface area contributed by atoms with E-state index in [1.165, 1.54) is 0 Å². The molecule has 1 rings (SSSR count). The van der Waals surface area contributed by atoms with Gasteiger partial charge < -0.3 is 16.3 Å². The number of benzene rings is 1. The largest absolute Gasteiger partial charge is 0.399 e. The maximum Gasteiger partial charge on any atom is 0.0491 e. The van der Waals surface area contributed by atoms with Gasteiger partial charge in [0.1, 0.15) is 0 Å². The van der Waals surface area contributed by atoms with Gasteiger partial charge in [-0.1, -0.05) is 13.8 Å². The fourth-order valence-corrected chi connectivity index (χ4v) is 1.75. The molecule has 4 N–H and O–H groups in total. The molecule has 0 saturated carbocycles. The number of hydrazine groups is 1. The van der Waals surface area contributed by atoms with Crippen molar-refractivity contribution in [2.75, 3.05) is 17.8 Å². The van der Waals surface area contributed by atoms with Gasteiger partial charge in [0.25, 0.3) is 0 Å². The van der Waals surface area contributed by atoms with E-state index in [9.17, 15) is 0 Å². The fraction of sp³-hybridized carbons (Fsp3) is 0.625. The monoisotopic (exact) mass is 281 g/mol. The molecule has 2 unspecified atom stereocenters. The molecule has 2 atom stereocenters. The lowest BCUT2D eigenvalue weighted by molar-refractivity contribution is 0.184. The summed E-state index contributed by atoms with van der Waals surface area (Å²) < 4.78 is 0. The van der Waals surface area contributed by atoms with Gasteiger partial charge in [-0.2, -0.15) is 0 Å². The first-order valence-corrected chi connectivity index (χ1v) is 7.51. The van der Waals surface area contributed by atoms with Crippen LogP contribution in [0.3, 0.4) is 0 Å². The summed E-state index contributed by atoms with van der Waals surface area (Å²) in [6, 6.07) is 8.92. The van der Waals surface area contributed by atoms with E-state index in [4.69, 9.17) is 10.8 Å². The third-order valence-electron chi connectivity index (χ3n) is 3.30. The predicted molar refractivity (Wildman–Crippen MR) is 88.6 cm³/mol. The molecule has 0 aliphatic rings. The number of aliphatic hydroxyl groups excluding tert-OH is 1. The number of nitrogen functional groups attached to an aromatic ring is 1. The zero-order chi connectivity index (χ0) is 15.5. The van der Waals surface area contributed by atoms with Gasteiger partial charge in [-0.3, -0.25) is 0 Å². The zero-order valence-electron chi connectivity index (χ0n) is 13.6. The van der Waals surface area contributed by atoms with Gasteiger partial charge in [0.2, 0.25) is 0 Å². The van der Waals surface area contributed by atoms with E-state index >= 15 is 0 Å². The van der Waals surface area contributed by atoms with Gasteiger partial charge in [-0.15, -0.1) is 0 Å². The first-order chi connectivity index (χ1) is 9.49. The highest BCUT2D eigenvalue weighted by molar-refractivity contribution is 5.50. The minimum absolute atomic E-state index is 0.250. The summed E-state index contributed by atoms with van der Waals surface area (Å²) in [5, 5.41) is 9.89. The van der Waals surface area contributed by atoms with E-state index in [-0.39, 0.29) is 6.61 Å². The highest BCUT2D eigenvalue weighted by atomic mass is 16.2. The number of nitrogens with two attached hydrogens (primary N) is 1. The van der Waals surface area contributed by atoms with Crippen LogP contribution in [-0.2, 0) is 0 Å². The Kier molecular flexibility index (Phi) is 9.86. The minimum Gasteiger partial charge on any atom is -0.399 e. The van der Waals surface area contributed by atoms with Crippen LogP contribution < -0.4 is 11.2 Å². The normalized spacial score (nSPS) is 13.3. The van der Waals surface area contributed by atoms with Crippen LogP contribution in [0.4, 0.5) is 11.4 Å². The minimum atomic E-state index is 0.250. The Balaban J connectivity index is 0.00000110. The number of aliphatic hydroxyl groups is 1. The van der Waals surface area contributed by atoms with Gasteiger partial charge in [-0.05, 0) is 57.9 Å². The second-order valence-corrected chi connectivity index (χ2v) is 4.97. The molecule has 0 aromatic heterocycles. The molecule has 0 heterocycles. The number of nitrogens with one attached hydrogen (secondary N) is 1. The van der Waals surface area contributed by atoms with E-state index < -0.39 is 0 Å². The molecule has 0 radical (unpaired) electrons. The lowest BCUT2D eigenvalue weighted by Crippen LogP contribution is -2.43. The zero-order valence-corrected chi connectivity index (χ0v) is 13.6. The summed E-state index contributed by atoms with van der Waals surface area (Å²) in [6.07, 6.45) is 2.26. The summed E-state index contributed by atoms with van der Waals surface area (Å²) in [5.74, 6) is 0. The molecule has 0 fully saturated rings. The first kappa shape index (κ1) is 18.7. The average molecular weight is 281 g/mol. The highest BCUT2D eigenvalue weighted by Gasteiger charge is 2.17. The van der Waals surface area contributed by atoms with Crippen LogP contribution in [0.1, 0.15) is 47.5 Å². The standard InChI is InChI=1S/C14H25N3.C2H6O/c1-5-11(3)17(12(4)6-2)16-14-9-7-13(15)8-10-14;1-2-3/h7-12,16H,5-6,15H2,1-4H3;3H,2H2,1H3. The van der Waals surface area contributed by atoms with Crippen LogP contribution in [0, 0.1) is 0 Å².